The zero-order valence-corrected chi connectivity index (χ0v) is 19.2. The van der Waals surface area contributed by atoms with E-state index in [-0.39, 0.29) is 0 Å². The Bertz CT molecular complexity index is 1220. The molecule has 4 aromatic rings. The van der Waals surface area contributed by atoms with Crippen molar-refractivity contribution in [1.29, 1.82) is 0 Å². The molecular weight excluding hydrogens is 416 g/mol. The van der Waals surface area contributed by atoms with Gasteiger partial charge in [0.05, 0.1) is 41.4 Å². The normalized spacial score (nSPS) is 14.7. The molecule has 0 saturated carbocycles. The summed E-state index contributed by atoms with van der Waals surface area (Å²) in [6.45, 7) is 4.82. The maximum absolute atomic E-state index is 5.80. The molecule has 0 amide bonds. The molecule has 0 spiro atoms. The second kappa shape index (κ2) is 9.77. The van der Waals surface area contributed by atoms with Gasteiger partial charge in [0.2, 0.25) is 0 Å². The molecule has 0 radical (unpaired) electrons. The van der Waals surface area contributed by atoms with Crippen molar-refractivity contribution in [1.82, 2.24) is 19.6 Å². The number of aryl methyl sites for hydroxylation is 1. The lowest BCUT2D eigenvalue weighted by Crippen LogP contribution is -2.20. The standard InChI is InChI=1S/C26H30N4O3/c1-3-24-23-8-7-19(17-26(23)30(28-24)20-10-13-32-14-11-20)25-9-12-27-29(25)21-5-4-6-22(18-21)33-16-15-31-2/h4-9,12,17-18,20H,3,10-11,13-16H2,1-2H3. The highest BCUT2D eigenvalue weighted by atomic mass is 16.5. The Labute approximate surface area is 193 Å². The first kappa shape index (κ1) is 21.7. The summed E-state index contributed by atoms with van der Waals surface area (Å²) in [7, 11) is 1.67. The van der Waals surface area contributed by atoms with Crippen molar-refractivity contribution in [3.05, 3.63) is 60.4 Å². The first-order chi connectivity index (χ1) is 16.3. The smallest absolute Gasteiger partial charge is 0.121 e. The van der Waals surface area contributed by atoms with Crippen LogP contribution in [-0.2, 0) is 15.9 Å². The van der Waals surface area contributed by atoms with Gasteiger partial charge >= 0.3 is 0 Å². The lowest BCUT2D eigenvalue weighted by atomic mass is 10.1. The number of methoxy groups -OCH3 is 1. The quantitative estimate of drug-likeness (QED) is 0.363. The van der Waals surface area contributed by atoms with Crippen LogP contribution >= 0.6 is 0 Å². The number of aromatic nitrogens is 4. The number of rotatable bonds is 8. The van der Waals surface area contributed by atoms with Crippen LogP contribution in [0, 0.1) is 0 Å². The number of hydrogen-bond acceptors (Lipinski definition) is 5. The summed E-state index contributed by atoms with van der Waals surface area (Å²) in [5.74, 6) is 0.798. The summed E-state index contributed by atoms with van der Waals surface area (Å²) in [5, 5.41) is 10.8. The summed E-state index contributed by atoms with van der Waals surface area (Å²) in [5.41, 5.74) is 5.43. The Morgan fingerprint density at radius 2 is 1.94 bits per heavy atom. The third-order valence-corrected chi connectivity index (χ3v) is 6.21. The van der Waals surface area contributed by atoms with Gasteiger partial charge in [0.15, 0.2) is 0 Å². The van der Waals surface area contributed by atoms with E-state index in [9.17, 15) is 0 Å². The highest BCUT2D eigenvalue weighted by Gasteiger charge is 2.21. The second-order valence-electron chi connectivity index (χ2n) is 8.29. The van der Waals surface area contributed by atoms with Crippen molar-refractivity contribution >= 4 is 10.9 Å². The topological polar surface area (TPSA) is 63.3 Å². The number of ether oxygens (including phenoxy) is 3. The Morgan fingerprint density at radius 1 is 1.06 bits per heavy atom. The van der Waals surface area contributed by atoms with E-state index in [4.69, 9.17) is 19.3 Å². The van der Waals surface area contributed by atoms with Gasteiger partial charge in [-0.25, -0.2) is 4.68 Å². The van der Waals surface area contributed by atoms with Gasteiger partial charge in [-0.3, -0.25) is 4.68 Å². The van der Waals surface area contributed by atoms with Crippen LogP contribution in [0.25, 0.3) is 27.8 Å². The van der Waals surface area contributed by atoms with Crippen molar-refractivity contribution < 1.29 is 14.2 Å². The minimum atomic E-state index is 0.377. The fraction of sp³-hybridized carbons (Fsp3) is 0.385. The zero-order valence-electron chi connectivity index (χ0n) is 19.2. The molecule has 1 saturated heterocycles. The zero-order chi connectivity index (χ0) is 22.6. The summed E-state index contributed by atoms with van der Waals surface area (Å²) in [6, 6.07) is 17.0. The van der Waals surface area contributed by atoms with Gasteiger partial charge in [-0.1, -0.05) is 25.1 Å². The molecule has 0 N–H and O–H groups in total. The molecule has 1 aliphatic rings. The van der Waals surface area contributed by atoms with Crippen LogP contribution in [0.3, 0.4) is 0 Å². The molecule has 3 heterocycles. The van der Waals surface area contributed by atoms with Crippen LogP contribution < -0.4 is 4.74 Å². The second-order valence-corrected chi connectivity index (χ2v) is 8.29. The molecule has 7 nitrogen and oxygen atoms in total. The van der Waals surface area contributed by atoms with Gasteiger partial charge in [0.25, 0.3) is 0 Å². The molecule has 0 bridgehead atoms. The van der Waals surface area contributed by atoms with E-state index in [1.165, 1.54) is 10.9 Å². The van der Waals surface area contributed by atoms with E-state index in [0.717, 1.165) is 60.9 Å². The van der Waals surface area contributed by atoms with E-state index >= 15 is 0 Å². The summed E-state index contributed by atoms with van der Waals surface area (Å²) < 4.78 is 20.7. The van der Waals surface area contributed by atoms with Crippen LogP contribution in [-0.4, -0.2) is 53.1 Å². The Morgan fingerprint density at radius 3 is 2.76 bits per heavy atom. The third kappa shape index (κ3) is 4.38. The molecule has 0 aliphatic carbocycles. The molecule has 7 heteroatoms. The number of nitrogens with zero attached hydrogens (tertiary/aromatic N) is 4. The average Bonchev–Trinajstić information content (AvgIpc) is 3.50. The molecule has 5 rings (SSSR count). The Hall–Kier alpha value is -3.16. The van der Waals surface area contributed by atoms with E-state index in [1.807, 2.05) is 35.1 Å². The summed E-state index contributed by atoms with van der Waals surface area (Å²) in [6.07, 6.45) is 4.75. The molecule has 0 unspecified atom stereocenters. The van der Waals surface area contributed by atoms with Crippen LogP contribution in [0.1, 0.15) is 31.5 Å². The fourth-order valence-corrected chi connectivity index (χ4v) is 4.51. The first-order valence-electron chi connectivity index (χ1n) is 11.6. The number of benzene rings is 2. The van der Waals surface area contributed by atoms with Crippen molar-refractivity contribution in [3.8, 4) is 22.7 Å². The van der Waals surface area contributed by atoms with Gasteiger partial charge in [-0.2, -0.15) is 10.2 Å². The minimum Gasteiger partial charge on any atom is -0.491 e. The van der Waals surface area contributed by atoms with Crippen LogP contribution in [0.5, 0.6) is 5.75 Å². The van der Waals surface area contributed by atoms with E-state index in [0.29, 0.717) is 19.3 Å². The van der Waals surface area contributed by atoms with E-state index < -0.39 is 0 Å². The highest BCUT2D eigenvalue weighted by molar-refractivity contribution is 5.86. The predicted octanol–water partition coefficient (Wildman–Crippen LogP) is 4.83. The number of hydrogen-bond donors (Lipinski definition) is 0. The third-order valence-electron chi connectivity index (χ3n) is 6.21. The maximum atomic E-state index is 5.80. The first-order valence-corrected chi connectivity index (χ1v) is 11.6. The predicted molar refractivity (Wildman–Crippen MR) is 128 cm³/mol. The molecule has 2 aromatic heterocycles. The van der Waals surface area contributed by atoms with Gasteiger partial charge in [0, 0.05) is 37.3 Å². The molecule has 172 valence electrons. The van der Waals surface area contributed by atoms with Gasteiger partial charge in [-0.05, 0) is 43.5 Å². The van der Waals surface area contributed by atoms with Gasteiger partial charge in [-0.15, -0.1) is 0 Å². The summed E-state index contributed by atoms with van der Waals surface area (Å²) >= 11 is 0. The van der Waals surface area contributed by atoms with Crippen LogP contribution in [0.4, 0.5) is 0 Å². The average molecular weight is 447 g/mol. The highest BCUT2D eigenvalue weighted by Crippen LogP contribution is 2.32. The fourth-order valence-electron chi connectivity index (χ4n) is 4.51. The summed E-state index contributed by atoms with van der Waals surface area (Å²) in [4.78, 5) is 0. The maximum Gasteiger partial charge on any atom is 0.121 e. The molecule has 2 aromatic carbocycles. The van der Waals surface area contributed by atoms with Crippen LogP contribution in [0.15, 0.2) is 54.7 Å². The number of fused-ring (bicyclic) bond motifs is 1. The lowest BCUT2D eigenvalue weighted by molar-refractivity contribution is 0.0674. The van der Waals surface area contributed by atoms with Crippen molar-refractivity contribution in [2.75, 3.05) is 33.5 Å². The molecule has 0 atom stereocenters. The van der Waals surface area contributed by atoms with Gasteiger partial charge in [0.1, 0.15) is 12.4 Å². The SMILES string of the molecule is CCc1nn(C2CCOCC2)c2cc(-c3ccnn3-c3cccc(OCCOC)c3)ccc12. The molecular formula is C26H30N4O3. The van der Waals surface area contributed by atoms with Crippen molar-refractivity contribution in [3.63, 3.8) is 0 Å². The van der Waals surface area contributed by atoms with Crippen LogP contribution in [0.2, 0.25) is 0 Å². The largest absolute Gasteiger partial charge is 0.491 e. The Balaban J connectivity index is 1.52. The van der Waals surface area contributed by atoms with Crippen molar-refractivity contribution in [2.45, 2.75) is 32.2 Å². The van der Waals surface area contributed by atoms with Gasteiger partial charge < -0.3 is 14.2 Å². The molecule has 1 fully saturated rings. The lowest BCUT2D eigenvalue weighted by Gasteiger charge is -2.23. The Kier molecular flexibility index (Phi) is 6.41. The van der Waals surface area contributed by atoms with E-state index in [1.54, 1.807) is 7.11 Å². The van der Waals surface area contributed by atoms with E-state index in [2.05, 4.69) is 41.0 Å². The monoisotopic (exact) mass is 446 g/mol. The minimum absolute atomic E-state index is 0.377. The molecule has 33 heavy (non-hydrogen) atoms. The van der Waals surface area contributed by atoms with Crippen molar-refractivity contribution in [2.24, 2.45) is 0 Å². The molecule has 1 aliphatic heterocycles.